The molecule has 2 atom stereocenters. The standard InChI is InChI=1S/C10H17NO3/c1-11-9(12)7-4-3-5-8(6-7)10(13)14-2/h7-8H,3-6H2,1-2H3,(H,11,12). The van der Waals surface area contributed by atoms with Gasteiger partial charge in [0.05, 0.1) is 13.0 Å². The van der Waals surface area contributed by atoms with E-state index in [1.165, 1.54) is 7.11 Å². The zero-order chi connectivity index (χ0) is 10.6. The molecule has 4 heteroatoms. The Balaban J connectivity index is 2.51. The van der Waals surface area contributed by atoms with Crippen LogP contribution in [-0.2, 0) is 14.3 Å². The Hall–Kier alpha value is -1.06. The summed E-state index contributed by atoms with van der Waals surface area (Å²) in [7, 11) is 3.02. The number of carbonyl (C=O) groups is 2. The lowest BCUT2D eigenvalue weighted by Crippen LogP contribution is -2.33. The topological polar surface area (TPSA) is 55.4 Å². The number of hydrogen-bond donors (Lipinski definition) is 1. The normalized spacial score (nSPS) is 26.7. The van der Waals surface area contributed by atoms with Crippen LogP contribution in [0.15, 0.2) is 0 Å². The van der Waals surface area contributed by atoms with Crippen molar-refractivity contribution in [2.24, 2.45) is 11.8 Å². The molecule has 0 aliphatic heterocycles. The lowest BCUT2D eigenvalue weighted by Gasteiger charge is -2.25. The summed E-state index contributed by atoms with van der Waals surface area (Å²) < 4.78 is 4.68. The van der Waals surface area contributed by atoms with Crippen molar-refractivity contribution in [3.63, 3.8) is 0 Å². The van der Waals surface area contributed by atoms with Crippen molar-refractivity contribution < 1.29 is 14.3 Å². The summed E-state index contributed by atoms with van der Waals surface area (Å²) in [5, 5.41) is 2.62. The molecule has 0 aromatic heterocycles. The van der Waals surface area contributed by atoms with E-state index in [9.17, 15) is 9.59 Å². The van der Waals surface area contributed by atoms with Gasteiger partial charge in [-0.05, 0) is 19.3 Å². The third kappa shape index (κ3) is 2.47. The molecule has 14 heavy (non-hydrogen) atoms. The lowest BCUT2D eigenvalue weighted by atomic mass is 9.81. The van der Waals surface area contributed by atoms with Gasteiger partial charge in [0.25, 0.3) is 0 Å². The second kappa shape index (κ2) is 4.98. The molecule has 80 valence electrons. The minimum atomic E-state index is -0.182. The number of carbonyl (C=O) groups excluding carboxylic acids is 2. The van der Waals surface area contributed by atoms with Gasteiger partial charge in [0.15, 0.2) is 0 Å². The Morgan fingerprint density at radius 1 is 1.29 bits per heavy atom. The van der Waals surface area contributed by atoms with E-state index in [2.05, 4.69) is 10.1 Å². The Morgan fingerprint density at radius 2 is 1.93 bits per heavy atom. The van der Waals surface area contributed by atoms with Crippen molar-refractivity contribution in [3.05, 3.63) is 0 Å². The number of amides is 1. The fourth-order valence-corrected chi connectivity index (χ4v) is 2.01. The van der Waals surface area contributed by atoms with Gasteiger partial charge in [-0.3, -0.25) is 9.59 Å². The maximum absolute atomic E-state index is 11.4. The van der Waals surface area contributed by atoms with Crippen molar-refractivity contribution in [1.82, 2.24) is 5.32 Å². The number of nitrogens with one attached hydrogen (secondary N) is 1. The van der Waals surface area contributed by atoms with E-state index in [-0.39, 0.29) is 23.7 Å². The van der Waals surface area contributed by atoms with Crippen molar-refractivity contribution in [2.75, 3.05) is 14.2 Å². The molecule has 0 radical (unpaired) electrons. The summed E-state index contributed by atoms with van der Waals surface area (Å²) in [6.07, 6.45) is 3.29. The van der Waals surface area contributed by atoms with E-state index in [4.69, 9.17) is 0 Å². The largest absolute Gasteiger partial charge is 0.469 e. The van der Waals surface area contributed by atoms with Crippen molar-refractivity contribution in [1.29, 1.82) is 0 Å². The van der Waals surface area contributed by atoms with E-state index >= 15 is 0 Å². The molecule has 0 aromatic rings. The molecule has 1 saturated carbocycles. The molecule has 0 spiro atoms. The molecule has 1 amide bonds. The first-order valence-electron chi connectivity index (χ1n) is 4.98. The van der Waals surface area contributed by atoms with E-state index < -0.39 is 0 Å². The van der Waals surface area contributed by atoms with Gasteiger partial charge in [0.2, 0.25) is 5.91 Å². The summed E-state index contributed by atoms with van der Waals surface area (Å²) >= 11 is 0. The molecule has 0 aromatic carbocycles. The number of esters is 1. The lowest BCUT2D eigenvalue weighted by molar-refractivity contribution is -0.147. The first-order chi connectivity index (χ1) is 6.69. The van der Waals surface area contributed by atoms with Crippen LogP contribution in [-0.4, -0.2) is 26.0 Å². The quantitative estimate of drug-likeness (QED) is 0.666. The third-order valence-corrected chi connectivity index (χ3v) is 2.83. The van der Waals surface area contributed by atoms with Gasteiger partial charge in [0, 0.05) is 13.0 Å². The number of hydrogen-bond acceptors (Lipinski definition) is 3. The Labute approximate surface area is 84.0 Å². The number of methoxy groups -OCH3 is 1. The molecule has 0 heterocycles. The monoisotopic (exact) mass is 199 g/mol. The van der Waals surface area contributed by atoms with Gasteiger partial charge in [-0.1, -0.05) is 6.42 Å². The minimum Gasteiger partial charge on any atom is -0.469 e. The van der Waals surface area contributed by atoms with E-state index in [1.54, 1.807) is 7.05 Å². The highest BCUT2D eigenvalue weighted by Gasteiger charge is 2.31. The third-order valence-electron chi connectivity index (χ3n) is 2.83. The van der Waals surface area contributed by atoms with Crippen LogP contribution in [0.3, 0.4) is 0 Å². The fourth-order valence-electron chi connectivity index (χ4n) is 2.01. The molecular weight excluding hydrogens is 182 g/mol. The Morgan fingerprint density at radius 3 is 2.50 bits per heavy atom. The average Bonchev–Trinajstić information content (AvgIpc) is 2.27. The van der Waals surface area contributed by atoms with Gasteiger partial charge >= 0.3 is 5.97 Å². The highest BCUT2D eigenvalue weighted by molar-refractivity contribution is 5.80. The van der Waals surface area contributed by atoms with Gasteiger partial charge in [-0.15, -0.1) is 0 Å². The second-order valence-corrected chi connectivity index (χ2v) is 3.70. The summed E-state index contributed by atoms with van der Waals surface area (Å²) in [5.41, 5.74) is 0. The minimum absolute atomic E-state index is 0.0159. The average molecular weight is 199 g/mol. The molecular formula is C10H17NO3. The van der Waals surface area contributed by atoms with Crippen LogP contribution < -0.4 is 5.32 Å². The zero-order valence-corrected chi connectivity index (χ0v) is 8.71. The Bertz CT molecular complexity index is 205. The molecule has 4 nitrogen and oxygen atoms in total. The van der Waals surface area contributed by atoms with Crippen molar-refractivity contribution in [3.8, 4) is 0 Å². The van der Waals surface area contributed by atoms with Crippen LogP contribution in [0.25, 0.3) is 0 Å². The van der Waals surface area contributed by atoms with Crippen LogP contribution in [0.2, 0.25) is 0 Å². The Kier molecular flexibility index (Phi) is 3.92. The first-order valence-corrected chi connectivity index (χ1v) is 4.98. The first kappa shape index (κ1) is 11.0. The van der Waals surface area contributed by atoms with E-state index in [1.807, 2.05) is 0 Å². The number of rotatable bonds is 2. The fraction of sp³-hybridized carbons (Fsp3) is 0.800. The molecule has 2 unspecified atom stereocenters. The molecule has 1 aliphatic rings. The second-order valence-electron chi connectivity index (χ2n) is 3.70. The van der Waals surface area contributed by atoms with Crippen LogP contribution in [0, 0.1) is 11.8 Å². The maximum atomic E-state index is 11.4. The molecule has 1 rings (SSSR count). The van der Waals surface area contributed by atoms with Gasteiger partial charge in [-0.25, -0.2) is 0 Å². The van der Waals surface area contributed by atoms with E-state index in [0.717, 1.165) is 19.3 Å². The van der Waals surface area contributed by atoms with Crippen molar-refractivity contribution in [2.45, 2.75) is 25.7 Å². The molecule has 0 saturated heterocycles. The van der Waals surface area contributed by atoms with Crippen LogP contribution >= 0.6 is 0 Å². The van der Waals surface area contributed by atoms with Gasteiger partial charge in [0.1, 0.15) is 0 Å². The predicted molar refractivity (Wildman–Crippen MR) is 51.5 cm³/mol. The molecule has 1 aliphatic carbocycles. The zero-order valence-electron chi connectivity index (χ0n) is 8.71. The van der Waals surface area contributed by atoms with E-state index in [0.29, 0.717) is 6.42 Å². The smallest absolute Gasteiger partial charge is 0.308 e. The SMILES string of the molecule is CNC(=O)C1CCCC(C(=O)OC)C1. The molecule has 1 N–H and O–H groups in total. The summed E-state index contributed by atoms with van der Waals surface area (Å²) in [6.45, 7) is 0. The van der Waals surface area contributed by atoms with Gasteiger partial charge in [-0.2, -0.15) is 0 Å². The number of ether oxygens (including phenoxy) is 1. The highest BCUT2D eigenvalue weighted by atomic mass is 16.5. The van der Waals surface area contributed by atoms with Gasteiger partial charge < -0.3 is 10.1 Å². The van der Waals surface area contributed by atoms with Crippen LogP contribution in [0.4, 0.5) is 0 Å². The molecule has 0 bridgehead atoms. The van der Waals surface area contributed by atoms with Crippen molar-refractivity contribution >= 4 is 11.9 Å². The van der Waals surface area contributed by atoms with Crippen LogP contribution in [0.1, 0.15) is 25.7 Å². The molecule has 1 fully saturated rings. The predicted octanol–water partition coefficient (Wildman–Crippen LogP) is 0.712. The summed E-state index contributed by atoms with van der Waals surface area (Å²) in [4.78, 5) is 22.6. The summed E-state index contributed by atoms with van der Waals surface area (Å²) in [5.74, 6) is -0.244. The summed E-state index contributed by atoms with van der Waals surface area (Å²) in [6, 6.07) is 0. The highest BCUT2D eigenvalue weighted by Crippen LogP contribution is 2.29. The maximum Gasteiger partial charge on any atom is 0.308 e. The van der Waals surface area contributed by atoms with Crippen LogP contribution in [0.5, 0.6) is 0 Å².